The van der Waals surface area contributed by atoms with E-state index in [2.05, 4.69) is 4.98 Å². The lowest BCUT2D eigenvalue weighted by Gasteiger charge is -2.16. The minimum absolute atomic E-state index is 0.0341. The van der Waals surface area contributed by atoms with Crippen molar-refractivity contribution in [2.75, 3.05) is 19.0 Å². The molecule has 1 heterocycles. The fourth-order valence-electron chi connectivity index (χ4n) is 1.33. The van der Waals surface area contributed by atoms with Crippen molar-refractivity contribution >= 4 is 11.8 Å². The van der Waals surface area contributed by atoms with Crippen molar-refractivity contribution in [1.82, 2.24) is 4.98 Å². The van der Waals surface area contributed by atoms with Crippen LogP contribution in [0, 0.1) is 0 Å². The summed E-state index contributed by atoms with van der Waals surface area (Å²) in [4.78, 5) is 16.6. The molecule has 1 fully saturated rings. The Labute approximate surface area is 93.7 Å². The number of rotatable bonds is 4. The van der Waals surface area contributed by atoms with Crippen molar-refractivity contribution in [3.8, 4) is 5.75 Å². The molecule has 0 bridgehead atoms. The largest absolute Gasteiger partial charge is 0.487 e. The highest BCUT2D eigenvalue weighted by molar-refractivity contribution is 5.86. The molecule has 1 N–H and O–H groups in total. The smallest absolute Gasteiger partial charge is 0.354 e. The molecular formula is C11H14N2O3. The Morgan fingerprint density at radius 2 is 2.19 bits per heavy atom. The first-order valence-corrected chi connectivity index (χ1v) is 5.16. The van der Waals surface area contributed by atoms with Gasteiger partial charge in [-0.3, -0.25) is 0 Å². The summed E-state index contributed by atoms with van der Waals surface area (Å²) in [5.41, 5.74) is 0.0341. The molecule has 0 atom stereocenters. The van der Waals surface area contributed by atoms with Gasteiger partial charge in [-0.2, -0.15) is 0 Å². The summed E-state index contributed by atoms with van der Waals surface area (Å²) in [5.74, 6) is 0.186. The summed E-state index contributed by atoms with van der Waals surface area (Å²) >= 11 is 0. The van der Waals surface area contributed by atoms with Crippen molar-refractivity contribution in [2.24, 2.45) is 0 Å². The molecule has 0 spiro atoms. The molecule has 0 aromatic carbocycles. The van der Waals surface area contributed by atoms with E-state index in [0.717, 1.165) is 12.8 Å². The quantitative estimate of drug-likeness (QED) is 0.834. The number of hydrogen-bond donors (Lipinski definition) is 1. The van der Waals surface area contributed by atoms with Gasteiger partial charge in [-0.25, -0.2) is 9.78 Å². The van der Waals surface area contributed by atoms with Crippen LogP contribution in [0.25, 0.3) is 0 Å². The molecule has 16 heavy (non-hydrogen) atoms. The monoisotopic (exact) mass is 222 g/mol. The van der Waals surface area contributed by atoms with E-state index in [-0.39, 0.29) is 11.8 Å². The molecule has 0 radical (unpaired) electrons. The number of hydrogen-bond acceptors (Lipinski definition) is 4. The molecule has 2 rings (SSSR count). The molecule has 1 saturated carbocycles. The van der Waals surface area contributed by atoms with Gasteiger partial charge in [-0.1, -0.05) is 0 Å². The lowest BCUT2D eigenvalue weighted by molar-refractivity contribution is 0.0690. The number of ether oxygens (including phenoxy) is 1. The van der Waals surface area contributed by atoms with Crippen LogP contribution in [-0.4, -0.2) is 36.3 Å². The van der Waals surface area contributed by atoms with E-state index in [0.29, 0.717) is 11.6 Å². The predicted molar refractivity (Wildman–Crippen MR) is 59.2 cm³/mol. The van der Waals surface area contributed by atoms with Crippen molar-refractivity contribution in [1.29, 1.82) is 0 Å². The van der Waals surface area contributed by atoms with Gasteiger partial charge in [0.25, 0.3) is 0 Å². The van der Waals surface area contributed by atoms with Crippen LogP contribution in [0.5, 0.6) is 5.75 Å². The Bertz CT molecular complexity index is 414. The first-order chi connectivity index (χ1) is 7.58. The highest BCUT2D eigenvalue weighted by Crippen LogP contribution is 2.32. The molecule has 0 saturated heterocycles. The van der Waals surface area contributed by atoms with Crippen molar-refractivity contribution in [3.63, 3.8) is 0 Å². The van der Waals surface area contributed by atoms with E-state index in [9.17, 15) is 4.79 Å². The number of carboxylic acid groups (broad SMARTS) is 1. The summed E-state index contributed by atoms with van der Waals surface area (Å²) in [6, 6.07) is 3.14. The SMILES string of the molecule is CN(C)c1nc(C(=O)O)ccc1OC1CC1. The maximum atomic E-state index is 10.8. The second kappa shape index (κ2) is 4.00. The van der Waals surface area contributed by atoms with Gasteiger partial charge in [-0.15, -0.1) is 0 Å². The Balaban J connectivity index is 2.31. The zero-order valence-corrected chi connectivity index (χ0v) is 9.30. The van der Waals surface area contributed by atoms with Gasteiger partial charge in [0.15, 0.2) is 17.3 Å². The molecule has 5 heteroatoms. The molecular weight excluding hydrogens is 208 g/mol. The third-order valence-corrected chi connectivity index (χ3v) is 2.30. The number of pyridine rings is 1. The Kier molecular flexibility index (Phi) is 2.68. The minimum Gasteiger partial charge on any atom is -0.487 e. The molecule has 86 valence electrons. The first-order valence-electron chi connectivity index (χ1n) is 5.16. The van der Waals surface area contributed by atoms with Crippen LogP contribution in [-0.2, 0) is 0 Å². The highest BCUT2D eigenvalue weighted by Gasteiger charge is 2.25. The molecule has 1 aliphatic rings. The number of carboxylic acids is 1. The third kappa shape index (κ3) is 2.24. The summed E-state index contributed by atoms with van der Waals surface area (Å²) in [6.07, 6.45) is 2.40. The lowest BCUT2D eigenvalue weighted by Crippen LogP contribution is -2.15. The van der Waals surface area contributed by atoms with Gasteiger partial charge >= 0.3 is 5.97 Å². The maximum Gasteiger partial charge on any atom is 0.354 e. The average molecular weight is 222 g/mol. The Morgan fingerprint density at radius 3 is 2.69 bits per heavy atom. The zero-order valence-electron chi connectivity index (χ0n) is 9.30. The normalized spacial score (nSPS) is 14.6. The summed E-state index contributed by atoms with van der Waals surface area (Å²) in [7, 11) is 3.63. The van der Waals surface area contributed by atoms with Gasteiger partial charge in [0.05, 0.1) is 6.10 Å². The number of aromatic nitrogens is 1. The molecule has 1 aromatic heterocycles. The van der Waals surface area contributed by atoms with Gasteiger partial charge < -0.3 is 14.7 Å². The Hall–Kier alpha value is -1.78. The first kappa shape index (κ1) is 10.7. The van der Waals surface area contributed by atoms with Crippen LogP contribution < -0.4 is 9.64 Å². The van der Waals surface area contributed by atoms with Gasteiger partial charge in [0.1, 0.15) is 0 Å². The Morgan fingerprint density at radius 1 is 1.50 bits per heavy atom. The average Bonchev–Trinajstić information content (AvgIpc) is 3.01. The van der Waals surface area contributed by atoms with E-state index >= 15 is 0 Å². The van der Waals surface area contributed by atoms with E-state index < -0.39 is 5.97 Å². The third-order valence-electron chi connectivity index (χ3n) is 2.30. The van der Waals surface area contributed by atoms with E-state index in [1.54, 1.807) is 11.0 Å². The summed E-state index contributed by atoms with van der Waals surface area (Å²) < 4.78 is 5.66. The second-order valence-electron chi connectivity index (χ2n) is 4.04. The number of anilines is 1. The van der Waals surface area contributed by atoms with Gasteiger partial charge in [0, 0.05) is 14.1 Å². The fraction of sp³-hybridized carbons (Fsp3) is 0.455. The predicted octanol–water partition coefficient (Wildman–Crippen LogP) is 1.39. The van der Waals surface area contributed by atoms with Crippen molar-refractivity contribution < 1.29 is 14.6 Å². The van der Waals surface area contributed by atoms with Gasteiger partial charge in [0.2, 0.25) is 0 Å². The van der Waals surface area contributed by atoms with Gasteiger partial charge in [-0.05, 0) is 25.0 Å². The molecule has 0 unspecified atom stereocenters. The van der Waals surface area contributed by atoms with Crippen LogP contribution in [0.4, 0.5) is 5.82 Å². The van der Waals surface area contributed by atoms with Crippen LogP contribution in [0.2, 0.25) is 0 Å². The van der Waals surface area contributed by atoms with Crippen molar-refractivity contribution in [2.45, 2.75) is 18.9 Å². The molecule has 1 aromatic rings. The van der Waals surface area contributed by atoms with E-state index in [4.69, 9.17) is 9.84 Å². The molecule has 1 aliphatic carbocycles. The highest BCUT2D eigenvalue weighted by atomic mass is 16.5. The summed E-state index contributed by atoms with van der Waals surface area (Å²) in [6.45, 7) is 0. The number of carbonyl (C=O) groups is 1. The fourth-order valence-corrected chi connectivity index (χ4v) is 1.33. The number of nitrogens with zero attached hydrogens (tertiary/aromatic N) is 2. The molecule has 0 amide bonds. The molecule has 5 nitrogen and oxygen atoms in total. The van der Waals surface area contributed by atoms with Crippen LogP contribution >= 0.6 is 0 Å². The van der Waals surface area contributed by atoms with Crippen LogP contribution in [0.3, 0.4) is 0 Å². The summed E-state index contributed by atoms with van der Waals surface area (Å²) in [5, 5.41) is 8.85. The van der Waals surface area contributed by atoms with Crippen molar-refractivity contribution in [3.05, 3.63) is 17.8 Å². The van der Waals surface area contributed by atoms with Crippen LogP contribution in [0.1, 0.15) is 23.3 Å². The molecule has 0 aliphatic heterocycles. The minimum atomic E-state index is -1.03. The maximum absolute atomic E-state index is 10.8. The second-order valence-corrected chi connectivity index (χ2v) is 4.04. The lowest BCUT2D eigenvalue weighted by atomic mass is 10.3. The standard InChI is InChI=1S/C11H14N2O3/c1-13(2)10-9(16-7-3-4-7)6-5-8(12-10)11(14)15/h5-7H,3-4H2,1-2H3,(H,14,15). The van der Waals surface area contributed by atoms with Crippen LogP contribution in [0.15, 0.2) is 12.1 Å². The van der Waals surface area contributed by atoms with E-state index in [1.165, 1.54) is 6.07 Å². The van der Waals surface area contributed by atoms with E-state index in [1.807, 2.05) is 14.1 Å². The number of aromatic carboxylic acids is 1. The zero-order chi connectivity index (χ0) is 11.7. The topological polar surface area (TPSA) is 62.7 Å².